The van der Waals surface area contributed by atoms with Crippen molar-refractivity contribution in [3.8, 4) is 17.6 Å². The molecule has 3 heteroatoms. The molecule has 1 aliphatic rings. The second-order valence-electron chi connectivity index (χ2n) is 4.86. The Morgan fingerprint density at radius 1 is 1.05 bits per heavy atom. The number of ether oxygens (including phenoxy) is 2. The molecule has 0 saturated heterocycles. The average molecular weight is 265 g/mol. The largest absolute Gasteiger partial charge is 0.454 e. The number of fused-ring (bicyclic) bond motifs is 1. The highest BCUT2D eigenvalue weighted by Crippen LogP contribution is 2.36. The van der Waals surface area contributed by atoms with Crippen molar-refractivity contribution in [3.05, 3.63) is 59.7 Å². The summed E-state index contributed by atoms with van der Waals surface area (Å²) in [6.07, 6.45) is 1.35. The van der Waals surface area contributed by atoms with E-state index in [1.807, 2.05) is 36.4 Å². The Bertz CT molecular complexity index is 631. The molecule has 0 N–H and O–H groups in total. The van der Waals surface area contributed by atoms with Crippen molar-refractivity contribution in [3.63, 3.8) is 0 Å². The molecule has 0 aliphatic carbocycles. The highest BCUT2D eigenvalue weighted by Gasteiger charge is 2.18. The molecule has 0 radical (unpaired) electrons. The number of nitrogens with zero attached hydrogens (tertiary/aromatic N) is 1. The quantitative estimate of drug-likeness (QED) is 0.847. The van der Waals surface area contributed by atoms with Gasteiger partial charge in [-0.25, -0.2) is 0 Å². The van der Waals surface area contributed by atoms with Crippen LogP contribution < -0.4 is 9.47 Å². The maximum atomic E-state index is 9.06. The zero-order chi connectivity index (χ0) is 13.8. The van der Waals surface area contributed by atoms with E-state index in [1.165, 1.54) is 5.56 Å². The van der Waals surface area contributed by atoms with E-state index in [1.54, 1.807) is 0 Å². The minimum absolute atomic E-state index is 0.178. The molecule has 0 amide bonds. The van der Waals surface area contributed by atoms with E-state index in [2.05, 4.69) is 18.2 Å². The lowest BCUT2D eigenvalue weighted by molar-refractivity contribution is 0.174. The van der Waals surface area contributed by atoms with Crippen LogP contribution in [-0.2, 0) is 6.42 Å². The van der Waals surface area contributed by atoms with E-state index in [0.717, 1.165) is 23.5 Å². The summed E-state index contributed by atoms with van der Waals surface area (Å²) in [5.41, 5.74) is 2.37. The Kier molecular flexibility index (Phi) is 3.56. The lowest BCUT2D eigenvalue weighted by atomic mass is 9.89. The van der Waals surface area contributed by atoms with Gasteiger partial charge in [0.2, 0.25) is 6.79 Å². The Balaban J connectivity index is 1.85. The minimum atomic E-state index is 0.178. The third-order valence-electron chi connectivity index (χ3n) is 3.53. The Hall–Kier alpha value is -2.47. The van der Waals surface area contributed by atoms with Crippen LogP contribution in [-0.4, -0.2) is 6.79 Å². The fourth-order valence-electron chi connectivity index (χ4n) is 2.48. The third-order valence-corrected chi connectivity index (χ3v) is 3.53. The van der Waals surface area contributed by atoms with Crippen LogP contribution in [0.5, 0.6) is 11.5 Å². The molecule has 1 unspecified atom stereocenters. The average Bonchev–Trinajstić information content (AvgIpc) is 2.95. The van der Waals surface area contributed by atoms with Gasteiger partial charge in [0, 0.05) is 12.3 Å². The molecule has 3 rings (SSSR count). The van der Waals surface area contributed by atoms with Crippen LogP contribution in [0.25, 0.3) is 0 Å². The lowest BCUT2D eigenvalue weighted by Gasteiger charge is -2.14. The number of benzene rings is 2. The summed E-state index contributed by atoms with van der Waals surface area (Å²) >= 11 is 0. The van der Waals surface area contributed by atoms with Crippen LogP contribution >= 0.6 is 0 Å². The fourth-order valence-corrected chi connectivity index (χ4v) is 2.48. The number of rotatable bonds is 4. The fraction of sp³-hybridized carbons (Fsp3) is 0.235. The first-order valence-corrected chi connectivity index (χ1v) is 6.67. The first kappa shape index (κ1) is 12.6. The molecule has 0 spiro atoms. The van der Waals surface area contributed by atoms with Crippen molar-refractivity contribution in [1.82, 2.24) is 0 Å². The summed E-state index contributed by atoms with van der Waals surface area (Å²) in [6, 6.07) is 18.5. The van der Waals surface area contributed by atoms with Gasteiger partial charge < -0.3 is 9.47 Å². The van der Waals surface area contributed by atoms with Crippen LogP contribution in [0.2, 0.25) is 0 Å². The molecule has 0 fully saturated rings. The highest BCUT2D eigenvalue weighted by molar-refractivity contribution is 5.45. The zero-order valence-electron chi connectivity index (χ0n) is 11.1. The molecule has 3 nitrogen and oxygen atoms in total. The van der Waals surface area contributed by atoms with Crippen LogP contribution in [0, 0.1) is 11.3 Å². The second-order valence-corrected chi connectivity index (χ2v) is 4.86. The van der Waals surface area contributed by atoms with Crippen LogP contribution in [0.1, 0.15) is 23.5 Å². The Morgan fingerprint density at radius 2 is 1.85 bits per heavy atom. The summed E-state index contributed by atoms with van der Waals surface area (Å²) in [7, 11) is 0. The first-order chi connectivity index (χ1) is 9.86. The second kappa shape index (κ2) is 5.66. The number of nitriles is 1. The molecule has 20 heavy (non-hydrogen) atoms. The molecule has 0 aromatic heterocycles. The number of hydrogen-bond acceptors (Lipinski definition) is 3. The van der Waals surface area contributed by atoms with Crippen molar-refractivity contribution >= 4 is 0 Å². The van der Waals surface area contributed by atoms with Gasteiger partial charge >= 0.3 is 0 Å². The summed E-state index contributed by atoms with van der Waals surface area (Å²) in [5.74, 6) is 1.74. The lowest BCUT2D eigenvalue weighted by Crippen LogP contribution is -2.02. The van der Waals surface area contributed by atoms with Gasteiger partial charge in [-0.2, -0.15) is 5.26 Å². The summed E-state index contributed by atoms with van der Waals surface area (Å²) in [4.78, 5) is 0. The monoisotopic (exact) mass is 265 g/mol. The van der Waals surface area contributed by atoms with E-state index in [4.69, 9.17) is 14.7 Å². The Morgan fingerprint density at radius 3 is 2.65 bits per heavy atom. The SMILES string of the molecule is N#CCC(Cc1ccccc1)c1ccc2c(c1)OCO2. The van der Waals surface area contributed by atoms with E-state index in [0.29, 0.717) is 6.42 Å². The normalized spacial score (nSPS) is 13.8. The van der Waals surface area contributed by atoms with Gasteiger partial charge in [-0.15, -0.1) is 0 Å². The zero-order valence-corrected chi connectivity index (χ0v) is 11.1. The van der Waals surface area contributed by atoms with E-state index in [9.17, 15) is 0 Å². The molecule has 1 aliphatic heterocycles. The molecular weight excluding hydrogens is 250 g/mol. The van der Waals surface area contributed by atoms with Gasteiger partial charge in [0.1, 0.15) is 0 Å². The van der Waals surface area contributed by atoms with Gasteiger partial charge in [-0.05, 0) is 29.7 Å². The minimum Gasteiger partial charge on any atom is -0.454 e. The predicted molar refractivity (Wildman–Crippen MR) is 75.7 cm³/mol. The van der Waals surface area contributed by atoms with Gasteiger partial charge in [0.15, 0.2) is 11.5 Å². The molecule has 0 saturated carbocycles. The summed E-state index contributed by atoms with van der Waals surface area (Å²) < 4.78 is 10.7. The molecule has 100 valence electrons. The van der Waals surface area contributed by atoms with Crippen LogP contribution in [0.3, 0.4) is 0 Å². The topological polar surface area (TPSA) is 42.2 Å². The van der Waals surface area contributed by atoms with Gasteiger partial charge in [-0.3, -0.25) is 0 Å². The molecule has 2 aromatic carbocycles. The number of hydrogen-bond donors (Lipinski definition) is 0. The van der Waals surface area contributed by atoms with Crippen LogP contribution in [0.15, 0.2) is 48.5 Å². The summed E-state index contributed by atoms with van der Waals surface area (Å²) in [6.45, 7) is 0.278. The predicted octanol–water partition coefficient (Wildman–Crippen LogP) is 3.66. The van der Waals surface area contributed by atoms with Crippen molar-refractivity contribution in [1.29, 1.82) is 5.26 Å². The van der Waals surface area contributed by atoms with Crippen molar-refractivity contribution < 1.29 is 9.47 Å². The third kappa shape index (κ3) is 2.60. The Labute approximate surface area is 118 Å². The summed E-state index contributed by atoms with van der Waals surface area (Å²) in [5, 5.41) is 9.06. The maximum Gasteiger partial charge on any atom is 0.231 e. The van der Waals surface area contributed by atoms with Crippen molar-refractivity contribution in [2.24, 2.45) is 0 Å². The van der Waals surface area contributed by atoms with Crippen LogP contribution in [0.4, 0.5) is 0 Å². The standard InChI is InChI=1S/C17H15NO2/c18-9-8-15(10-13-4-2-1-3-5-13)14-6-7-16-17(11-14)20-12-19-16/h1-7,11,15H,8,10,12H2. The smallest absolute Gasteiger partial charge is 0.231 e. The van der Waals surface area contributed by atoms with Crippen molar-refractivity contribution in [2.75, 3.05) is 6.79 Å². The van der Waals surface area contributed by atoms with Gasteiger partial charge in [-0.1, -0.05) is 36.4 Å². The van der Waals surface area contributed by atoms with E-state index in [-0.39, 0.29) is 12.7 Å². The molecule has 1 heterocycles. The molecule has 2 aromatic rings. The van der Waals surface area contributed by atoms with Gasteiger partial charge in [0.05, 0.1) is 6.07 Å². The molecule has 1 atom stereocenters. The first-order valence-electron chi connectivity index (χ1n) is 6.67. The molecular formula is C17H15NO2. The highest BCUT2D eigenvalue weighted by atomic mass is 16.7. The maximum absolute atomic E-state index is 9.06. The van der Waals surface area contributed by atoms with Crippen molar-refractivity contribution in [2.45, 2.75) is 18.8 Å². The molecule has 0 bridgehead atoms. The van der Waals surface area contributed by atoms with E-state index >= 15 is 0 Å². The van der Waals surface area contributed by atoms with E-state index < -0.39 is 0 Å². The van der Waals surface area contributed by atoms with Gasteiger partial charge in [0.25, 0.3) is 0 Å².